The summed E-state index contributed by atoms with van der Waals surface area (Å²) >= 11 is 0. The Kier molecular flexibility index (Phi) is 3.56. The van der Waals surface area contributed by atoms with Gasteiger partial charge in [0.1, 0.15) is 11.9 Å². The van der Waals surface area contributed by atoms with Gasteiger partial charge in [0.2, 0.25) is 0 Å². The van der Waals surface area contributed by atoms with E-state index in [2.05, 4.69) is 16.0 Å². The van der Waals surface area contributed by atoms with Gasteiger partial charge in [-0.3, -0.25) is 4.79 Å². The summed E-state index contributed by atoms with van der Waals surface area (Å²) in [6, 6.07) is 9.03. The van der Waals surface area contributed by atoms with Gasteiger partial charge in [0.25, 0.3) is 5.91 Å². The van der Waals surface area contributed by atoms with Crippen LogP contribution in [0.2, 0.25) is 0 Å². The van der Waals surface area contributed by atoms with Crippen molar-refractivity contribution in [2.45, 2.75) is 0 Å². The van der Waals surface area contributed by atoms with Gasteiger partial charge in [-0.1, -0.05) is 0 Å². The molecule has 1 amide bonds. The van der Waals surface area contributed by atoms with Crippen LogP contribution in [0.15, 0.2) is 41.1 Å². The number of carbonyl (C=O) groups is 1. The molecule has 2 aromatic rings. The monoisotopic (exact) mass is 282 g/mol. The van der Waals surface area contributed by atoms with Crippen LogP contribution in [0.25, 0.3) is 0 Å². The largest absolute Gasteiger partial charge is 0.459 e. The van der Waals surface area contributed by atoms with Crippen LogP contribution in [0.4, 0.5) is 5.82 Å². The number of anilines is 1. The Hall–Kier alpha value is -2.81. The second-order valence-electron chi connectivity index (χ2n) is 4.77. The highest BCUT2D eigenvalue weighted by Crippen LogP contribution is 2.15. The molecule has 21 heavy (non-hydrogen) atoms. The summed E-state index contributed by atoms with van der Waals surface area (Å²) in [6.07, 6.45) is 3.07. The second-order valence-corrected chi connectivity index (χ2v) is 4.77. The maximum absolute atomic E-state index is 12.1. The van der Waals surface area contributed by atoms with Crippen LogP contribution in [0.3, 0.4) is 0 Å². The number of rotatable bonds is 2. The standard InChI is InChI=1S/C15H14N4O2/c16-10-12-3-4-14(17-11-12)18-5-7-19(8-6-18)15(20)13-2-1-9-21-13/h1-4,9,11H,5-8H2. The van der Waals surface area contributed by atoms with Crippen LogP contribution in [0.1, 0.15) is 16.1 Å². The Labute approximate surface area is 122 Å². The number of nitrogens with zero attached hydrogens (tertiary/aromatic N) is 4. The molecule has 0 N–H and O–H groups in total. The number of amides is 1. The molecule has 1 aliphatic rings. The van der Waals surface area contributed by atoms with Crippen molar-refractivity contribution >= 4 is 11.7 Å². The van der Waals surface area contributed by atoms with Crippen molar-refractivity contribution < 1.29 is 9.21 Å². The minimum atomic E-state index is -0.0764. The molecule has 0 bridgehead atoms. The molecule has 0 radical (unpaired) electrons. The van der Waals surface area contributed by atoms with E-state index in [0.717, 1.165) is 5.82 Å². The second kappa shape index (κ2) is 5.67. The van der Waals surface area contributed by atoms with Gasteiger partial charge in [0.05, 0.1) is 11.8 Å². The minimum Gasteiger partial charge on any atom is -0.459 e. The molecule has 2 aromatic heterocycles. The first kappa shape index (κ1) is 13.2. The van der Waals surface area contributed by atoms with Crippen molar-refractivity contribution in [3.63, 3.8) is 0 Å². The Morgan fingerprint density at radius 1 is 1.24 bits per heavy atom. The Morgan fingerprint density at radius 3 is 2.62 bits per heavy atom. The molecular weight excluding hydrogens is 268 g/mol. The van der Waals surface area contributed by atoms with Gasteiger partial charge >= 0.3 is 0 Å². The Bertz CT molecular complexity index is 650. The van der Waals surface area contributed by atoms with Gasteiger partial charge in [0, 0.05) is 32.4 Å². The molecule has 0 spiro atoms. The van der Waals surface area contributed by atoms with Crippen molar-refractivity contribution in [2.24, 2.45) is 0 Å². The molecule has 3 heterocycles. The van der Waals surface area contributed by atoms with Crippen molar-refractivity contribution in [1.29, 1.82) is 5.26 Å². The third-order valence-corrected chi connectivity index (χ3v) is 3.50. The molecule has 0 unspecified atom stereocenters. The van der Waals surface area contributed by atoms with Crippen LogP contribution in [0, 0.1) is 11.3 Å². The molecule has 0 saturated carbocycles. The van der Waals surface area contributed by atoms with E-state index in [9.17, 15) is 4.79 Å². The van der Waals surface area contributed by atoms with Gasteiger partial charge in [0.15, 0.2) is 5.76 Å². The SMILES string of the molecule is N#Cc1ccc(N2CCN(C(=O)c3ccco3)CC2)nc1. The zero-order chi connectivity index (χ0) is 14.7. The fraction of sp³-hybridized carbons (Fsp3) is 0.267. The lowest BCUT2D eigenvalue weighted by atomic mass is 10.2. The normalized spacial score (nSPS) is 14.8. The van der Waals surface area contributed by atoms with E-state index < -0.39 is 0 Å². The molecule has 3 rings (SSSR count). The van der Waals surface area contributed by atoms with Gasteiger partial charge in [-0.25, -0.2) is 4.98 Å². The fourth-order valence-electron chi connectivity index (χ4n) is 2.33. The Morgan fingerprint density at radius 2 is 2.05 bits per heavy atom. The fourth-order valence-corrected chi connectivity index (χ4v) is 2.33. The number of nitriles is 1. The van der Waals surface area contributed by atoms with Crippen molar-refractivity contribution in [3.8, 4) is 6.07 Å². The molecule has 1 aliphatic heterocycles. The predicted octanol–water partition coefficient (Wildman–Crippen LogP) is 1.51. The first-order chi connectivity index (χ1) is 10.3. The van der Waals surface area contributed by atoms with E-state index >= 15 is 0 Å². The number of carbonyl (C=O) groups excluding carboxylic acids is 1. The van der Waals surface area contributed by atoms with Gasteiger partial charge < -0.3 is 14.2 Å². The van der Waals surface area contributed by atoms with Crippen LogP contribution >= 0.6 is 0 Å². The molecule has 0 aliphatic carbocycles. The topological polar surface area (TPSA) is 73.4 Å². The summed E-state index contributed by atoms with van der Waals surface area (Å²) in [5, 5.41) is 8.77. The zero-order valence-electron chi connectivity index (χ0n) is 11.4. The number of furan rings is 1. The first-order valence-corrected chi connectivity index (χ1v) is 6.72. The zero-order valence-corrected chi connectivity index (χ0v) is 11.4. The average Bonchev–Trinajstić information content (AvgIpc) is 3.09. The van der Waals surface area contributed by atoms with Crippen LogP contribution in [0.5, 0.6) is 0 Å². The highest BCUT2D eigenvalue weighted by atomic mass is 16.3. The Balaban J connectivity index is 1.62. The summed E-state index contributed by atoms with van der Waals surface area (Å²) in [6.45, 7) is 2.68. The average molecular weight is 282 g/mol. The first-order valence-electron chi connectivity index (χ1n) is 6.72. The summed E-state index contributed by atoms with van der Waals surface area (Å²) in [5.74, 6) is 1.13. The summed E-state index contributed by atoms with van der Waals surface area (Å²) in [5.41, 5.74) is 0.547. The van der Waals surface area contributed by atoms with E-state index in [1.165, 1.54) is 6.26 Å². The third kappa shape index (κ3) is 2.72. The maximum atomic E-state index is 12.1. The van der Waals surface area contributed by atoms with Gasteiger partial charge in [-0.2, -0.15) is 5.26 Å². The minimum absolute atomic E-state index is 0.0764. The quantitative estimate of drug-likeness (QED) is 0.834. The smallest absolute Gasteiger partial charge is 0.289 e. The molecule has 6 nitrogen and oxygen atoms in total. The lowest BCUT2D eigenvalue weighted by Crippen LogP contribution is -2.49. The molecule has 1 fully saturated rings. The van der Waals surface area contributed by atoms with Gasteiger partial charge in [-0.15, -0.1) is 0 Å². The van der Waals surface area contributed by atoms with E-state index in [0.29, 0.717) is 37.5 Å². The highest BCUT2D eigenvalue weighted by molar-refractivity contribution is 5.91. The summed E-state index contributed by atoms with van der Waals surface area (Å²) in [7, 11) is 0. The summed E-state index contributed by atoms with van der Waals surface area (Å²) in [4.78, 5) is 20.3. The molecular formula is C15H14N4O2. The van der Waals surface area contributed by atoms with Crippen molar-refractivity contribution in [2.75, 3.05) is 31.1 Å². The number of hydrogen-bond donors (Lipinski definition) is 0. The number of pyridine rings is 1. The van der Waals surface area contributed by atoms with E-state index in [1.807, 2.05) is 6.07 Å². The highest BCUT2D eigenvalue weighted by Gasteiger charge is 2.24. The van der Waals surface area contributed by atoms with Crippen LogP contribution in [-0.2, 0) is 0 Å². The molecule has 0 atom stereocenters. The van der Waals surface area contributed by atoms with Crippen molar-refractivity contribution in [1.82, 2.24) is 9.88 Å². The van der Waals surface area contributed by atoms with Crippen LogP contribution in [-0.4, -0.2) is 42.0 Å². The molecule has 1 saturated heterocycles. The lowest BCUT2D eigenvalue weighted by Gasteiger charge is -2.35. The maximum Gasteiger partial charge on any atom is 0.289 e. The van der Waals surface area contributed by atoms with Crippen LogP contribution < -0.4 is 4.90 Å². The van der Waals surface area contributed by atoms with E-state index in [4.69, 9.17) is 9.68 Å². The predicted molar refractivity (Wildman–Crippen MR) is 75.8 cm³/mol. The molecule has 106 valence electrons. The van der Waals surface area contributed by atoms with E-state index in [1.54, 1.807) is 29.3 Å². The lowest BCUT2D eigenvalue weighted by molar-refractivity contribution is 0.0714. The molecule has 6 heteroatoms. The number of aromatic nitrogens is 1. The van der Waals surface area contributed by atoms with E-state index in [-0.39, 0.29) is 5.91 Å². The van der Waals surface area contributed by atoms with Crippen molar-refractivity contribution in [3.05, 3.63) is 48.0 Å². The summed E-state index contributed by atoms with van der Waals surface area (Å²) < 4.78 is 5.14. The number of piperazine rings is 1. The van der Waals surface area contributed by atoms with Gasteiger partial charge in [-0.05, 0) is 24.3 Å². The third-order valence-electron chi connectivity index (χ3n) is 3.50. The molecule has 0 aromatic carbocycles. The number of hydrogen-bond acceptors (Lipinski definition) is 5.